The lowest BCUT2D eigenvalue weighted by Gasteiger charge is -2.29. The van der Waals surface area contributed by atoms with E-state index >= 15 is 0 Å². The van der Waals surface area contributed by atoms with E-state index in [0.717, 1.165) is 42.8 Å². The number of carbonyl (C=O) groups excluding carboxylic acids is 3. The number of esters is 3. The van der Waals surface area contributed by atoms with Crippen molar-refractivity contribution in [2.75, 3.05) is 0 Å². The van der Waals surface area contributed by atoms with E-state index in [2.05, 4.69) is 67.8 Å². The van der Waals surface area contributed by atoms with Crippen molar-refractivity contribution >= 4 is 108 Å². The Balaban J connectivity index is 1.26. The summed E-state index contributed by atoms with van der Waals surface area (Å²) in [5.41, 5.74) is 0.763. The van der Waals surface area contributed by atoms with Crippen molar-refractivity contribution in [3.63, 3.8) is 0 Å². The van der Waals surface area contributed by atoms with Crippen LogP contribution in [-0.4, -0.2) is 53.6 Å². The lowest BCUT2D eigenvalue weighted by atomic mass is 9.78. The lowest BCUT2D eigenvalue weighted by molar-refractivity contribution is -0.149. The summed E-state index contributed by atoms with van der Waals surface area (Å²) < 4.78 is 55.7. The second-order valence-corrected chi connectivity index (χ2v) is 16.7. The van der Waals surface area contributed by atoms with Crippen LogP contribution in [0.5, 0.6) is 5.75 Å². The van der Waals surface area contributed by atoms with Crippen LogP contribution in [0, 0.1) is 22.5 Å². The van der Waals surface area contributed by atoms with Gasteiger partial charge in [-0.25, -0.2) is 13.2 Å². The molecule has 4 fully saturated rings. The molecule has 2 aromatic rings. The average molecular weight is 935 g/mol. The van der Waals surface area contributed by atoms with E-state index in [4.69, 9.17) is 14.2 Å². The number of thioether (sulfide) groups is 1. The fourth-order valence-electron chi connectivity index (χ4n) is 6.37. The van der Waals surface area contributed by atoms with Gasteiger partial charge in [0, 0.05) is 10.7 Å². The zero-order valence-corrected chi connectivity index (χ0v) is 29.2. The number of rotatable bonds is 6. The van der Waals surface area contributed by atoms with E-state index in [-0.39, 0.29) is 21.8 Å². The molecule has 41 heavy (non-hydrogen) atoms. The third kappa shape index (κ3) is 5.66. The quantitative estimate of drug-likeness (QED) is 0.125. The Kier molecular flexibility index (Phi) is 8.63. The van der Waals surface area contributed by atoms with Crippen molar-refractivity contribution in [2.24, 2.45) is 11.8 Å². The molecule has 1 saturated carbocycles. The van der Waals surface area contributed by atoms with Crippen LogP contribution >= 0.6 is 79.5 Å². The number of carbonyl (C=O) groups is 3. The van der Waals surface area contributed by atoms with Crippen molar-refractivity contribution in [1.29, 1.82) is 0 Å². The summed E-state index contributed by atoms with van der Waals surface area (Å²) in [6.07, 6.45) is 2.89. The molecule has 1 aliphatic carbocycles. The molecule has 3 saturated heterocycles. The topological polar surface area (TPSA) is 136 Å². The van der Waals surface area contributed by atoms with Gasteiger partial charge in [-0.3, -0.25) is 9.59 Å². The summed E-state index contributed by atoms with van der Waals surface area (Å²) in [6, 6.07) is 7.63. The first-order valence-electron chi connectivity index (χ1n) is 13.0. The Morgan fingerprint density at radius 2 is 1.76 bits per heavy atom. The Hall–Kier alpha value is -0.700. The lowest BCUT2D eigenvalue weighted by Crippen LogP contribution is -2.48. The second-order valence-electron chi connectivity index (χ2n) is 10.5. The van der Waals surface area contributed by atoms with E-state index in [1.165, 1.54) is 30.0 Å². The Morgan fingerprint density at radius 1 is 1.02 bits per heavy atom. The maximum absolute atomic E-state index is 13.6. The van der Waals surface area contributed by atoms with Crippen LogP contribution in [0.1, 0.15) is 53.9 Å². The molecule has 0 spiro atoms. The van der Waals surface area contributed by atoms with Crippen LogP contribution in [0.3, 0.4) is 0 Å². The first kappa shape index (κ1) is 30.3. The van der Waals surface area contributed by atoms with Crippen LogP contribution in [0.4, 0.5) is 0 Å². The Morgan fingerprint density at radius 3 is 2.46 bits per heavy atom. The number of ether oxygens (including phenoxy) is 3. The van der Waals surface area contributed by atoms with Gasteiger partial charge in [-0.2, -0.15) is 0 Å². The molecule has 14 heteroatoms. The monoisotopic (exact) mass is 935 g/mol. The fourth-order valence-corrected chi connectivity index (χ4v) is 11.5. The zero-order valence-electron chi connectivity index (χ0n) is 21.1. The fraction of sp³-hybridized carbons (Fsp3) is 0.444. The first-order valence-corrected chi connectivity index (χ1v) is 18.6. The van der Waals surface area contributed by atoms with Crippen LogP contribution in [0.15, 0.2) is 35.2 Å². The molecular weight excluding hydrogens is 913 g/mol. The normalized spacial score (nSPS) is 28.9. The molecule has 6 rings (SSSR count). The molecule has 2 aromatic carbocycles. The SMILES string of the molecule is O=C(OC1C2OC(=O)C3C2SC1C3C(=O)Oc1ccc(S(=O)(=O)[O-])c(C2CCCCC2)c1)c1cc(I)cc(I)c1I. The molecule has 0 radical (unpaired) electrons. The molecule has 6 unspecified atom stereocenters. The number of fused-ring (bicyclic) bond motifs is 1. The minimum Gasteiger partial charge on any atom is -0.744 e. The minimum atomic E-state index is -4.72. The highest BCUT2D eigenvalue weighted by Gasteiger charge is 2.71. The van der Waals surface area contributed by atoms with Gasteiger partial charge in [0.2, 0.25) is 0 Å². The smallest absolute Gasteiger partial charge is 0.339 e. The third-order valence-electron chi connectivity index (χ3n) is 8.15. The van der Waals surface area contributed by atoms with Crippen LogP contribution in [0.25, 0.3) is 0 Å². The summed E-state index contributed by atoms with van der Waals surface area (Å²) in [4.78, 5) is 39.4. The van der Waals surface area contributed by atoms with Crippen molar-refractivity contribution in [2.45, 2.75) is 65.6 Å². The summed E-state index contributed by atoms with van der Waals surface area (Å²) in [5.74, 6) is -3.41. The molecular formula is C27H22I3O9S2-. The molecule has 2 bridgehead atoms. The highest BCUT2D eigenvalue weighted by atomic mass is 127. The molecule has 9 nitrogen and oxygen atoms in total. The van der Waals surface area contributed by atoms with E-state index in [0.29, 0.717) is 11.1 Å². The number of halogens is 3. The second kappa shape index (κ2) is 11.7. The van der Waals surface area contributed by atoms with Crippen LogP contribution in [0.2, 0.25) is 0 Å². The molecule has 0 amide bonds. The molecule has 218 valence electrons. The summed E-state index contributed by atoms with van der Waals surface area (Å²) in [5, 5.41) is -0.889. The Labute approximate surface area is 281 Å². The van der Waals surface area contributed by atoms with Crippen molar-refractivity contribution < 1.29 is 41.6 Å². The van der Waals surface area contributed by atoms with Gasteiger partial charge in [0.25, 0.3) is 0 Å². The molecule has 4 aliphatic rings. The van der Waals surface area contributed by atoms with E-state index < -0.39 is 57.3 Å². The van der Waals surface area contributed by atoms with E-state index in [1.54, 1.807) is 6.07 Å². The van der Waals surface area contributed by atoms with Gasteiger partial charge in [0.1, 0.15) is 15.9 Å². The standard InChI is InChI=1S/C27H23I3O9S2/c28-12-8-15(20(30)16(29)9-12)25(31)38-21-22-24-19(27(33)39-22)18(23(21)40-24)26(32)37-13-6-7-17(41(34,35)36)14(10-13)11-4-2-1-3-5-11/h6-11,18-19,21-24H,1-5H2,(H,34,35,36)/p-1. The number of hydrogen-bond donors (Lipinski definition) is 0. The van der Waals surface area contributed by atoms with Gasteiger partial charge >= 0.3 is 17.9 Å². The van der Waals surface area contributed by atoms with Gasteiger partial charge in [-0.05, 0) is 122 Å². The van der Waals surface area contributed by atoms with Gasteiger partial charge in [-0.15, -0.1) is 11.8 Å². The average Bonchev–Trinajstić information content (AvgIpc) is 3.54. The van der Waals surface area contributed by atoms with Crippen molar-refractivity contribution in [1.82, 2.24) is 0 Å². The largest absolute Gasteiger partial charge is 0.744 e. The highest BCUT2D eigenvalue weighted by Crippen LogP contribution is 2.59. The summed E-state index contributed by atoms with van der Waals surface area (Å²) in [7, 11) is -4.72. The third-order valence-corrected chi connectivity index (χ3v) is 14.5. The highest BCUT2D eigenvalue weighted by molar-refractivity contribution is 14.1. The predicted molar refractivity (Wildman–Crippen MR) is 172 cm³/mol. The van der Waals surface area contributed by atoms with E-state index in [9.17, 15) is 27.4 Å². The minimum absolute atomic E-state index is 0.107. The van der Waals surface area contributed by atoms with E-state index in [1.807, 2.05) is 6.07 Å². The van der Waals surface area contributed by atoms with Gasteiger partial charge in [0.05, 0.1) is 32.8 Å². The maximum atomic E-state index is 13.6. The predicted octanol–water partition coefficient (Wildman–Crippen LogP) is 5.24. The van der Waals surface area contributed by atoms with Crippen LogP contribution in [-0.2, 0) is 29.2 Å². The molecule has 3 aliphatic heterocycles. The van der Waals surface area contributed by atoms with Gasteiger partial charge in [0.15, 0.2) is 12.2 Å². The summed E-state index contributed by atoms with van der Waals surface area (Å²) >= 11 is 7.77. The summed E-state index contributed by atoms with van der Waals surface area (Å²) in [6.45, 7) is 0. The van der Waals surface area contributed by atoms with Gasteiger partial charge < -0.3 is 18.8 Å². The molecule has 0 N–H and O–H groups in total. The molecule has 0 aromatic heterocycles. The zero-order chi connectivity index (χ0) is 29.2. The van der Waals surface area contributed by atoms with Crippen molar-refractivity contribution in [3.05, 3.63) is 52.2 Å². The first-order chi connectivity index (χ1) is 19.4. The van der Waals surface area contributed by atoms with Gasteiger partial charge in [-0.1, -0.05) is 19.3 Å². The molecule has 3 heterocycles. The van der Waals surface area contributed by atoms with Crippen LogP contribution < -0.4 is 4.74 Å². The Bertz CT molecular complexity index is 1560. The molecule has 6 atom stereocenters. The number of benzene rings is 2. The maximum Gasteiger partial charge on any atom is 0.339 e. The van der Waals surface area contributed by atoms with Crippen molar-refractivity contribution in [3.8, 4) is 5.75 Å². The number of hydrogen-bond acceptors (Lipinski definition) is 10.